The molecule has 0 saturated heterocycles. The fourth-order valence-corrected chi connectivity index (χ4v) is 1.88. The average molecular weight is 190 g/mol. The number of nitrogens with zero attached hydrogens (tertiary/aromatic N) is 1. The maximum atomic E-state index is 5.75. The van der Waals surface area contributed by atoms with Crippen molar-refractivity contribution in [3.8, 4) is 0 Å². The Morgan fingerprint density at radius 1 is 1.43 bits per heavy atom. The zero-order valence-corrected chi connectivity index (χ0v) is 8.96. The lowest BCUT2D eigenvalue weighted by Crippen LogP contribution is -2.21. The molecular weight excluding hydrogens is 172 g/mol. The third-order valence-electron chi connectivity index (χ3n) is 2.93. The van der Waals surface area contributed by atoms with Crippen LogP contribution >= 0.6 is 0 Å². The molecule has 2 rings (SSSR count). The highest BCUT2D eigenvalue weighted by molar-refractivity contribution is 5.55. The molecule has 1 aliphatic carbocycles. The first kappa shape index (κ1) is 9.53. The van der Waals surface area contributed by atoms with Crippen LogP contribution in [0, 0.1) is 6.92 Å². The van der Waals surface area contributed by atoms with Crippen molar-refractivity contribution in [2.24, 2.45) is 5.73 Å². The number of rotatable bonds is 3. The van der Waals surface area contributed by atoms with Gasteiger partial charge in [-0.25, -0.2) is 0 Å². The minimum absolute atomic E-state index is 0.633. The van der Waals surface area contributed by atoms with Crippen LogP contribution in [-0.2, 0) is 6.54 Å². The standard InChI is InChI=1S/C12H18N2/c1-9-3-6-12(10(7-9)8-13)14(2)11-4-5-11/h3,6-7,11H,4-5,8,13H2,1-2H3. The molecule has 1 fully saturated rings. The van der Waals surface area contributed by atoms with Crippen molar-refractivity contribution < 1.29 is 0 Å². The van der Waals surface area contributed by atoms with Gasteiger partial charge in [0.05, 0.1) is 0 Å². The van der Waals surface area contributed by atoms with E-state index in [9.17, 15) is 0 Å². The number of hydrogen-bond acceptors (Lipinski definition) is 2. The van der Waals surface area contributed by atoms with Gasteiger partial charge < -0.3 is 10.6 Å². The Morgan fingerprint density at radius 2 is 2.14 bits per heavy atom. The number of aryl methyl sites for hydroxylation is 1. The van der Waals surface area contributed by atoms with Crippen LogP contribution in [0.15, 0.2) is 18.2 Å². The number of nitrogens with two attached hydrogens (primary N) is 1. The average Bonchev–Trinajstić information content (AvgIpc) is 3.00. The van der Waals surface area contributed by atoms with E-state index >= 15 is 0 Å². The summed E-state index contributed by atoms with van der Waals surface area (Å²) in [6.07, 6.45) is 2.66. The highest BCUT2D eigenvalue weighted by Gasteiger charge is 2.27. The van der Waals surface area contributed by atoms with Crippen LogP contribution < -0.4 is 10.6 Å². The molecule has 14 heavy (non-hydrogen) atoms. The lowest BCUT2D eigenvalue weighted by molar-refractivity contribution is 0.897. The fourth-order valence-electron chi connectivity index (χ4n) is 1.88. The molecule has 0 bridgehead atoms. The second kappa shape index (κ2) is 3.62. The van der Waals surface area contributed by atoms with Crippen molar-refractivity contribution in [1.82, 2.24) is 0 Å². The van der Waals surface area contributed by atoms with E-state index < -0.39 is 0 Å². The molecule has 0 aliphatic heterocycles. The second-order valence-electron chi connectivity index (χ2n) is 4.18. The van der Waals surface area contributed by atoms with Gasteiger partial charge in [0.25, 0.3) is 0 Å². The fraction of sp³-hybridized carbons (Fsp3) is 0.500. The van der Waals surface area contributed by atoms with Gasteiger partial charge in [0.1, 0.15) is 0 Å². The minimum Gasteiger partial charge on any atom is -0.371 e. The SMILES string of the molecule is Cc1ccc(N(C)C2CC2)c(CN)c1. The van der Waals surface area contributed by atoms with Crippen LogP contribution in [0.1, 0.15) is 24.0 Å². The van der Waals surface area contributed by atoms with Crippen molar-refractivity contribution in [3.05, 3.63) is 29.3 Å². The van der Waals surface area contributed by atoms with Crippen LogP contribution in [-0.4, -0.2) is 13.1 Å². The molecule has 76 valence electrons. The monoisotopic (exact) mass is 190 g/mol. The summed E-state index contributed by atoms with van der Waals surface area (Å²) in [6.45, 7) is 2.74. The quantitative estimate of drug-likeness (QED) is 0.790. The molecule has 2 heteroatoms. The minimum atomic E-state index is 0.633. The summed E-state index contributed by atoms with van der Waals surface area (Å²) in [7, 11) is 2.17. The van der Waals surface area contributed by atoms with Crippen LogP contribution in [0.3, 0.4) is 0 Å². The highest BCUT2D eigenvalue weighted by atomic mass is 15.2. The summed E-state index contributed by atoms with van der Waals surface area (Å²) in [4.78, 5) is 2.36. The Bertz CT molecular complexity index is 329. The number of hydrogen-bond donors (Lipinski definition) is 1. The van der Waals surface area contributed by atoms with Gasteiger partial charge in [-0.15, -0.1) is 0 Å². The van der Waals surface area contributed by atoms with Gasteiger partial charge >= 0.3 is 0 Å². The van der Waals surface area contributed by atoms with Gasteiger partial charge in [0, 0.05) is 25.3 Å². The maximum Gasteiger partial charge on any atom is 0.0411 e. The van der Waals surface area contributed by atoms with Crippen LogP contribution in [0.4, 0.5) is 5.69 Å². The zero-order chi connectivity index (χ0) is 10.1. The summed E-state index contributed by atoms with van der Waals surface area (Å²) in [6, 6.07) is 7.29. The van der Waals surface area contributed by atoms with Crippen LogP contribution in [0.5, 0.6) is 0 Å². The summed E-state index contributed by atoms with van der Waals surface area (Å²) in [5.74, 6) is 0. The Balaban J connectivity index is 2.30. The lowest BCUT2D eigenvalue weighted by atomic mass is 10.1. The topological polar surface area (TPSA) is 29.3 Å². The molecule has 2 N–H and O–H groups in total. The molecule has 0 atom stereocenters. The molecule has 1 aliphatic rings. The Labute approximate surface area is 85.7 Å². The van der Waals surface area contributed by atoms with E-state index in [0.29, 0.717) is 6.54 Å². The third-order valence-corrected chi connectivity index (χ3v) is 2.93. The Morgan fingerprint density at radius 3 is 2.71 bits per heavy atom. The van der Waals surface area contributed by atoms with Crippen molar-refractivity contribution in [3.63, 3.8) is 0 Å². The second-order valence-corrected chi connectivity index (χ2v) is 4.18. The summed E-state index contributed by atoms with van der Waals surface area (Å²) in [5.41, 5.74) is 9.61. The van der Waals surface area contributed by atoms with Crippen LogP contribution in [0.25, 0.3) is 0 Å². The van der Waals surface area contributed by atoms with E-state index in [0.717, 1.165) is 6.04 Å². The summed E-state index contributed by atoms with van der Waals surface area (Å²) >= 11 is 0. The summed E-state index contributed by atoms with van der Waals surface area (Å²) in [5, 5.41) is 0. The molecule has 2 nitrogen and oxygen atoms in total. The molecule has 0 unspecified atom stereocenters. The molecule has 0 aromatic heterocycles. The summed E-state index contributed by atoms with van der Waals surface area (Å²) < 4.78 is 0. The van der Waals surface area contributed by atoms with Crippen molar-refractivity contribution in [2.75, 3.05) is 11.9 Å². The first-order chi connectivity index (χ1) is 6.72. The van der Waals surface area contributed by atoms with E-state index in [1.54, 1.807) is 0 Å². The van der Waals surface area contributed by atoms with Crippen molar-refractivity contribution in [2.45, 2.75) is 32.4 Å². The molecule has 1 aromatic carbocycles. The van der Waals surface area contributed by atoms with Gasteiger partial charge in [-0.2, -0.15) is 0 Å². The normalized spacial score (nSPS) is 15.6. The van der Waals surface area contributed by atoms with Crippen molar-refractivity contribution >= 4 is 5.69 Å². The molecule has 0 heterocycles. The molecule has 1 aromatic rings. The van der Waals surface area contributed by atoms with Gasteiger partial charge in [-0.1, -0.05) is 17.7 Å². The van der Waals surface area contributed by atoms with Gasteiger partial charge in [0.2, 0.25) is 0 Å². The molecule has 0 radical (unpaired) electrons. The van der Waals surface area contributed by atoms with Gasteiger partial charge in [-0.05, 0) is 31.4 Å². The molecule has 0 amide bonds. The van der Waals surface area contributed by atoms with Crippen molar-refractivity contribution in [1.29, 1.82) is 0 Å². The third kappa shape index (κ3) is 1.75. The number of anilines is 1. The van der Waals surface area contributed by atoms with E-state index in [1.165, 1.54) is 29.7 Å². The van der Waals surface area contributed by atoms with Gasteiger partial charge in [-0.3, -0.25) is 0 Å². The first-order valence-corrected chi connectivity index (χ1v) is 5.25. The lowest BCUT2D eigenvalue weighted by Gasteiger charge is -2.22. The largest absolute Gasteiger partial charge is 0.371 e. The molecule has 0 spiro atoms. The van der Waals surface area contributed by atoms with E-state index in [-0.39, 0.29) is 0 Å². The maximum absolute atomic E-state index is 5.75. The highest BCUT2D eigenvalue weighted by Crippen LogP contribution is 2.32. The van der Waals surface area contributed by atoms with E-state index in [2.05, 4.69) is 37.1 Å². The number of benzene rings is 1. The predicted octanol–water partition coefficient (Wildman–Crippen LogP) is 2.05. The smallest absolute Gasteiger partial charge is 0.0411 e. The van der Waals surface area contributed by atoms with Crippen LogP contribution in [0.2, 0.25) is 0 Å². The predicted molar refractivity (Wildman–Crippen MR) is 60.5 cm³/mol. The van der Waals surface area contributed by atoms with E-state index in [4.69, 9.17) is 5.73 Å². The van der Waals surface area contributed by atoms with Gasteiger partial charge in [0.15, 0.2) is 0 Å². The molecular formula is C12H18N2. The van der Waals surface area contributed by atoms with E-state index in [1.807, 2.05) is 0 Å². The Kier molecular flexibility index (Phi) is 2.46. The first-order valence-electron chi connectivity index (χ1n) is 5.25. The molecule has 1 saturated carbocycles. The Hall–Kier alpha value is -1.02. The zero-order valence-electron chi connectivity index (χ0n) is 8.96.